The molecule has 3 rings (SSSR count). The first-order chi connectivity index (χ1) is 11.2. The van der Waals surface area contributed by atoms with Crippen molar-refractivity contribution in [3.05, 3.63) is 65.9 Å². The van der Waals surface area contributed by atoms with Crippen molar-refractivity contribution >= 4 is 22.5 Å². The van der Waals surface area contributed by atoms with Gasteiger partial charge in [-0.15, -0.1) is 0 Å². The standard InChI is InChI=1S/C19H16O4/c1-22-16-5-2-13(3-6-16)17(20)7-8-18(21)14-4-9-19-15(12-14)10-11-23-19/h2-6,9-12H,7-8H2,1H3. The molecule has 1 heterocycles. The minimum absolute atomic E-state index is 0.0463. The Morgan fingerprint density at radius 2 is 1.57 bits per heavy atom. The SMILES string of the molecule is COc1ccc(C(=O)CCC(=O)c2ccc3occc3c2)cc1. The van der Waals surface area contributed by atoms with E-state index in [-0.39, 0.29) is 24.4 Å². The summed E-state index contributed by atoms with van der Waals surface area (Å²) in [5.74, 6) is 0.603. The van der Waals surface area contributed by atoms with E-state index in [0.717, 1.165) is 11.0 Å². The minimum Gasteiger partial charge on any atom is -0.497 e. The molecule has 1 aromatic heterocycles. The molecule has 0 bridgehead atoms. The number of furan rings is 1. The van der Waals surface area contributed by atoms with Gasteiger partial charge in [-0.25, -0.2) is 0 Å². The van der Waals surface area contributed by atoms with Crippen LogP contribution in [0, 0.1) is 0 Å². The van der Waals surface area contributed by atoms with Crippen LogP contribution in [0.1, 0.15) is 33.6 Å². The van der Waals surface area contributed by atoms with Gasteiger partial charge in [0.1, 0.15) is 11.3 Å². The van der Waals surface area contributed by atoms with Gasteiger partial charge in [-0.3, -0.25) is 9.59 Å². The molecule has 0 saturated heterocycles. The van der Waals surface area contributed by atoms with Gasteiger partial charge in [-0.05, 0) is 48.5 Å². The van der Waals surface area contributed by atoms with Crippen molar-refractivity contribution in [3.63, 3.8) is 0 Å². The summed E-state index contributed by atoms with van der Waals surface area (Å²) in [6.45, 7) is 0. The highest BCUT2D eigenvalue weighted by molar-refractivity contribution is 6.03. The van der Waals surface area contributed by atoms with Crippen molar-refractivity contribution in [2.75, 3.05) is 7.11 Å². The van der Waals surface area contributed by atoms with Crippen LogP contribution >= 0.6 is 0 Å². The zero-order chi connectivity index (χ0) is 16.2. The molecule has 3 aromatic rings. The Morgan fingerprint density at radius 1 is 0.913 bits per heavy atom. The number of carbonyl (C=O) groups is 2. The molecule has 0 aliphatic rings. The molecule has 0 radical (unpaired) electrons. The highest BCUT2D eigenvalue weighted by atomic mass is 16.5. The fraction of sp³-hybridized carbons (Fsp3) is 0.158. The van der Waals surface area contributed by atoms with Crippen LogP contribution in [-0.2, 0) is 0 Å². The summed E-state index contributed by atoms with van der Waals surface area (Å²) in [4.78, 5) is 24.4. The third-order valence-electron chi connectivity index (χ3n) is 3.77. The first-order valence-corrected chi connectivity index (χ1v) is 7.35. The monoisotopic (exact) mass is 308 g/mol. The molecule has 0 spiro atoms. The minimum atomic E-state index is -0.0506. The summed E-state index contributed by atoms with van der Waals surface area (Å²) in [7, 11) is 1.58. The van der Waals surface area contributed by atoms with Crippen LogP contribution in [0.5, 0.6) is 5.75 Å². The largest absolute Gasteiger partial charge is 0.497 e. The summed E-state index contributed by atoms with van der Waals surface area (Å²) in [5, 5.41) is 0.886. The van der Waals surface area contributed by atoms with E-state index < -0.39 is 0 Å². The van der Waals surface area contributed by atoms with E-state index in [9.17, 15) is 9.59 Å². The number of ether oxygens (including phenoxy) is 1. The third-order valence-corrected chi connectivity index (χ3v) is 3.77. The van der Waals surface area contributed by atoms with Crippen LogP contribution < -0.4 is 4.74 Å². The zero-order valence-corrected chi connectivity index (χ0v) is 12.7. The maximum atomic E-state index is 12.2. The van der Waals surface area contributed by atoms with Crippen LogP contribution in [0.25, 0.3) is 11.0 Å². The lowest BCUT2D eigenvalue weighted by molar-refractivity contribution is 0.0917. The highest BCUT2D eigenvalue weighted by Gasteiger charge is 2.12. The lowest BCUT2D eigenvalue weighted by Gasteiger charge is -2.03. The van der Waals surface area contributed by atoms with Gasteiger partial charge < -0.3 is 9.15 Å². The Kier molecular flexibility index (Phi) is 4.24. The Labute approximate surface area is 133 Å². The zero-order valence-electron chi connectivity index (χ0n) is 12.7. The normalized spacial score (nSPS) is 10.7. The van der Waals surface area contributed by atoms with E-state index in [2.05, 4.69) is 0 Å². The fourth-order valence-corrected chi connectivity index (χ4v) is 2.43. The average Bonchev–Trinajstić information content (AvgIpc) is 3.07. The number of Topliss-reactive ketones (excluding diaryl/α,β-unsaturated/α-hetero) is 2. The summed E-state index contributed by atoms with van der Waals surface area (Å²) in [5.41, 5.74) is 1.93. The number of benzene rings is 2. The molecule has 0 saturated carbocycles. The van der Waals surface area contributed by atoms with Gasteiger partial charge in [0.25, 0.3) is 0 Å². The van der Waals surface area contributed by atoms with Crippen LogP contribution in [0.15, 0.2) is 59.2 Å². The Hall–Kier alpha value is -2.88. The lowest BCUT2D eigenvalue weighted by atomic mass is 10.0. The second-order valence-corrected chi connectivity index (χ2v) is 5.25. The van der Waals surface area contributed by atoms with Crippen molar-refractivity contribution in [1.29, 1.82) is 0 Å². The number of rotatable bonds is 6. The number of methoxy groups -OCH3 is 1. The quantitative estimate of drug-likeness (QED) is 0.637. The van der Waals surface area contributed by atoms with Crippen LogP contribution in [-0.4, -0.2) is 18.7 Å². The van der Waals surface area contributed by atoms with Gasteiger partial charge in [0.15, 0.2) is 11.6 Å². The third kappa shape index (κ3) is 3.31. The summed E-state index contributed by atoms with van der Waals surface area (Å²) < 4.78 is 10.3. The van der Waals surface area contributed by atoms with Crippen molar-refractivity contribution in [3.8, 4) is 5.75 Å². The lowest BCUT2D eigenvalue weighted by Crippen LogP contribution is -2.05. The van der Waals surface area contributed by atoms with Crippen LogP contribution in [0.3, 0.4) is 0 Å². The maximum Gasteiger partial charge on any atom is 0.163 e. The van der Waals surface area contributed by atoms with Crippen molar-refractivity contribution in [2.45, 2.75) is 12.8 Å². The first-order valence-electron chi connectivity index (χ1n) is 7.35. The Morgan fingerprint density at radius 3 is 2.26 bits per heavy atom. The van der Waals surface area contributed by atoms with E-state index in [0.29, 0.717) is 16.9 Å². The molecule has 0 amide bonds. The summed E-state index contributed by atoms with van der Waals surface area (Å²) in [6.07, 6.45) is 1.97. The number of fused-ring (bicyclic) bond motifs is 1. The molecule has 4 nitrogen and oxygen atoms in total. The molecule has 2 aromatic carbocycles. The van der Waals surface area contributed by atoms with Crippen molar-refractivity contribution < 1.29 is 18.7 Å². The van der Waals surface area contributed by atoms with Gasteiger partial charge in [0.05, 0.1) is 13.4 Å². The van der Waals surface area contributed by atoms with E-state index in [1.807, 2.05) is 6.07 Å². The molecule has 0 N–H and O–H groups in total. The van der Waals surface area contributed by atoms with Gasteiger partial charge in [-0.1, -0.05) is 0 Å². The Bertz CT molecular complexity index is 843. The molecule has 0 aliphatic heterocycles. The van der Waals surface area contributed by atoms with Gasteiger partial charge in [0, 0.05) is 29.4 Å². The molecule has 0 atom stereocenters. The first kappa shape index (κ1) is 15.0. The highest BCUT2D eigenvalue weighted by Crippen LogP contribution is 2.19. The van der Waals surface area contributed by atoms with E-state index in [1.165, 1.54) is 0 Å². The number of ketones is 2. The summed E-state index contributed by atoms with van der Waals surface area (Å²) in [6, 6.07) is 14.0. The molecule has 0 aliphatic carbocycles. The van der Waals surface area contributed by atoms with Crippen molar-refractivity contribution in [1.82, 2.24) is 0 Å². The molecule has 0 unspecified atom stereocenters. The van der Waals surface area contributed by atoms with Gasteiger partial charge >= 0.3 is 0 Å². The second-order valence-electron chi connectivity index (χ2n) is 5.25. The maximum absolute atomic E-state index is 12.2. The second kappa shape index (κ2) is 6.48. The topological polar surface area (TPSA) is 56.5 Å². The number of hydrogen-bond acceptors (Lipinski definition) is 4. The Balaban J connectivity index is 1.64. The van der Waals surface area contributed by atoms with Crippen LogP contribution in [0.4, 0.5) is 0 Å². The van der Waals surface area contributed by atoms with E-state index in [4.69, 9.17) is 9.15 Å². The number of carbonyl (C=O) groups excluding carboxylic acids is 2. The molecular formula is C19H16O4. The number of hydrogen-bond donors (Lipinski definition) is 0. The molecule has 4 heteroatoms. The predicted octanol–water partition coefficient (Wildman–Crippen LogP) is 4.29. The molecular weight excluding hydrogens is 292 g/mol. The van der Waals surface area contributed by atoms with Crippen molar-refractivity contribution in [2.24, 2.45) is 0 Å². The summed E-state index contributed by atoms with van der Waals surface area (Å²) >= 11 is 0. The van der Waals surface area contributed by atoms with E-state index >= 15 is 0 Å². The predicted molar refractivity (Wildman–Crippen MR) is 87.1 cm³/mol. The fourth-order valence-electron chi connectivity index (χ4n) is 2.43. The molecule has 116 valence electrons. The van der Waals surface area contributed by atoms with Gasteiger partial charge in [0.2, 0.25) is 0 Å². The molecule has 23 heavy (non-hydrogen) atoms. The smallest absolute Gasteiger partial charge is 0.163 e. The van der Waals surface area contributed by atoms with Crippen LogP contribution in [0.2, 0.25) is 0 Å². The van der Waals surface area contributed by atoms with E-state index in [1.54, 1.807) is 55.8 Å². The molecule has 0 fully saturated rings. The van der Waals surface area contributed by atoms with Gasteiger partial charge in [-0.2, -0.15) is 0 Å². The average molecular weight is 308 g/mol.